The molecule has 1 atom stereocenters. The van der Waals surface area contributed by atoms with Crippen LogP contribution in [0, 0.1) is 0 Å². The first-order chi connectivity index (χ1) is 12.2. The maximum Gasteiger partial charge on any atom is 0.272 e. The third-order valence-corrected chi connectivity index (χ3v) is 5.03. The summed E-state index contributed by atoms with van der Waals surface area (Å²) in [5.41, 5.74) is 5.24. The fraction of sp³-hybridized carbons (Fsp3) is 0.474. The zero-order chi connectivity index (χ0) is 17.2. The van der Waals surface area contributed by atoms with Gasteiger partial charge in [0.1, 0.15) is 0 Å². The molecule has 0 aliphatic carbocycles. The van der Waals surface area contributed by atoms with Crippen molar-refractivity contribution in [3.8, 4) is 0 Å². The van der Waals surface area contributed by atoms with Crippen LogP contribution >= 0.6 is 0 Å². The summed E-state index contributed by atoms with van der Waals surface area (Å²) in [4.78, 5) is 15.0. The van der Waals surface area contributed by atoms with Crippen molar-refractivity contribution in [3.05, 3.63) is 52.3 Å². The standard InChI is InChI=1S/C19H24N4O2/c1-13(10-23-8-6-14-4-2-3-5-15(14)11-23)20-19(24)18-16-12-25-9-7-17(16)21-22-18/h2-5,13H,6-12H2,1H3,(H,20,24)(H,21,22)/t13-/m0/s1. The average molecular weight is 340 g/mol. The van der Waals surface area contributed by atoms with Crippen molar-refractivity contribution >= 4 is 5.91 Å². The summed E-state index contributed by atoms with van der Waals surface area (Å²) < 4.78 is 5.46. The Hall–Kier alpha value is -2.18. The van der Waals surface area contributed by atoms with Crippen molar-refractivity contribution in [1.82, 2.24) is 20.4 Å². The Balaban J connectivity index is 1.36. The summed E-state index contributed by atoms with van der Waals surface area (Å²) in [5, 5.41) is 10.3. The number of fused-ring (bicyclic) bond motifs is 2. The Labute approximate surface area is 147 Å². The second kappa shape index (κ2) is 6.98. The lowest BCUT2D eigenvalue weighted by molar-refractivity contribution is 0.0901. The molecule has 1 aromatic heterocycles. The summed E-state index contributed by atoms with van der Waals surface area (Å²) >= 11 is 0. The van der Waals surface area contributed by atoms with E-state index in [1.54, 1.807) is 0 Å². The van der Waals surface area contributed by atoms with E-state index in [1.165, 1.54) is 11.1 Å². The first kappa shape index (κ1) is 16.3. The number of carbonyl (C=O) groups excluding carboxylic acids is 1. The molecule has 0 saturated heterocycles. The molecular weight excluding hydrogens is 316 g/mol. The highest BCUT2D eigenvalue weighted by Gasteiger charge is 2.24. The van der Waals surface area contributed by atoms with Crippen molar-refractivity contribution in [2.45, 2.75) is 39.0 Å². The Morgan fingerprint density at radius 1 is 1.36 bits per heavy atom. The number of carbonyl (C=O) groups is 1. The van der Waals surface area contributed by atoms with Crippen LogP contribution in [0.25, 0.3) is 0 Å². The molecule has 2 aliphatic heterocycles. The molecule has 1 amide bonds. The number of amides is 1. The first-order valence-electron chi connectivity index (χ1n) is 8.94. The third-order valence-electron chi connectivity index (χ3n) is 5.03. The lowest BCUT2D eigenvalue weighted by Gasteiger charge is -2.31. The maximum atomic E-state index is 12.6. The van der Waals surface area contributed by atoms with Crippen LogP contribution in [0.4, 0.5) is 0 Å². The van der Waals surface area contributed by atoms with Crippen LogP contribution in [0.1, 0.15) is 39.8 Å². The van der Waals surface area contributed by atoms with E-state index in [9.17, 15) is 4.79 Å². The number of ether oxygens (including phenoxy) is 1. The Kier molecular flexibility index (Phi) is 4.55. The molecule has 0 fully saturated rings. The Bertz CT molecular complexity index is 771. The van der Waals surface area contributed by atoms with Crippen LogP contribution < -0.4 is 5.32 Å². The molecule has 25 heavy (non-hydrogen) atoms. The van der Waals surface area contributed by atoms with Gasteiger partial charge in [0.15, 0.2) is 5.69 Å². The van der Waals surface area contributed by atoms with Crippen molar-refractivity contribution in [1.29, 1.82) is 0 Å². The van der Waals surface area contributed by atoms with Crippen molar-refractivity contribution < 1.29 is 9.53 Å². The van der Waals surface area contributed by atoms with Crippen LogP contribution in [0.3, 0.4) is 0 Å². The highest BCUT2D eigenvalue weighted by atomic mass is 16.5. The number of H-pyrrole nitrogens is 1. The summed E-state index contributed by atoms with van der Waals surface area (Å²) in [7, 11) is 0. The third kappa shape index (κ3) is 3.45. The number of nitrogens with one attached hydrogen (secondary N) is 2. The molecule has 3 heterocycles. The van der Waals surface area contributed by atoms with Gasteiger partial charge in [0, 0.05) is 43.4 Å². The molecule has 6 heteroatoms. The van der Waals surface area contributed by atoms with Gasteiger partial charge < -0.3 is 10.1 Å². The molecule has 1 aromatic carbocycles. The molecule has 0 spiro atoms. The molecule has 2 aliphatic rings. The molecule has 4 rings (SSSR count). The number of rotatable bonds is 4. The molecule has 2 aromatic rings. The largest absolute Gasteiger partial charge is 0.376 e. The SMILES string of the molecule is C[C@@H](CN1CCc2ccccc2C1)NC(=O)c1n[nH]c2c1COCC2. The molecule has 0 saturated carbocycles. The lowest BCUT2D eigenvalue weighted by Crippen LogP contribution is -2.44. The van der Waals surface area contributed by atoms with Crippen LogP contribution in [0.2, 0.25) is 0 Å². The molecular formula is C19H24N4O2. The average Bonchev–Trinajstić information content (AvgIpc) is 3.05. The minimum atomic E-state index is -0.118. The van der Waals surface area contributed by atoms with Crippen molar-refractivity contribution in [2.75, 3.05) is 19.7 Å². The zero-order valence-electron chi connectivity index (χ0n) is 14.5. The van der Waals surface area contributed by atoms with E-state index >= 15 is 0 Å². The van der Waals surface area contributed by atoms with Gasteiger partial charge in [-0.3, -0.25) is 14.8 Å². The quantitative estimate of drug-likeness (QED) is 0.888. The minimum absolute atomic E-state index is 0.0645. The van der Waals surface area contributed by atoms with E-state index in [4.69, 9.17) is 4.74 Å². The molecule has 6 nitrogen and oxygen atoms in total. The summed E-state index contributed by atoms with van der Waals surface area (Å²) in [6.45, 7) is 6.01. The van der Waals surface area contributed by atoms with Gasteiger partial charge in [0.2, 0.25) is 0 Å². The topological polar surface area (TPSA) is 70.2 Å². The molecule has 0 unspecified atom stereocenters. The van der Waals surface area contributed by atoms with Crippen LogP contribution in [-0.2, 0) is 30.7 Å². The number of benzene rings is 1. The second-order valence-corrected chi connectivity index (χ2v) is 6.96. The first-order valence-corrected chi connectivity index (χ1v) is 8.94. The predicted molar refractivity (Wildman–Crippen MR) is 94.3 cm³/mol. The van der Waals surface area contributed by atoms with Crippen molar-refractivity contribution in [2.24, 2.45) is 0 Å². The van der Waals surface area contributed by atoms with Gasteiger partial charge in [-0.05, 0) is 24.5 Å². The van der Waals surface area contributed by atoms with Crippen LogP contribution in [0.15, 0.2) is 24.3 Å². The number of hydrogen-bond donors (Lipinski definition) is 2. The fourth-order valence-electron chi connectivity index (χ4n) is 3.73. The lowest BCUT2D eigenvalue weighted by atomic mass is 9.99. The summed E-state index contributed by atoms with van der Waals surface area (Å²) in [6, 6.07) is 8.67. The highest BCUT2D eigenvalue weighted by molar-refractivity contribution is 5.94. The Morgan fingerprint density at radius 3 is 3.08 bits per heavy atom. The van der Waals surface area contributed by atoms with E-state index in [0.717, 1.165) is 43.7 Å². The Morgan fingerprint density at radius 2 is 2.20 bits per heavy atom. The maximum absolute atomic E-state index is 12.6. The van der Waals surface area contributed by atoms with E-state index in [0.29, 0.717) is 18.9 Å². The molecule has 2 N–H and O–H groups in total. The molecule has 0 bridgehead atoms. The second-order valence-electron chi connectivity index (χ2n) is 6.96. The minimum Gasteiger partial charge on any atom is -0.376 e. The van der Waals surface area contributed by atoms with Gasteiger partial charge >= 0.3 is 0 Å². The zero-order valence-corrected chi connectivity index (χ0v) is 14.5. The number of nitrogens with zero attached hydrogens (tertiary/aromatic N) is 2. The summed E-state index contributed by atoms with van der Waals surface area (Å²) in [6.07, 6.45) is 1.86. The van der Waals surface area contributed by atoms with E-state index < -0.39 is 0 Å². The smallest absolute Gasteiger partial charge is 0.272 e. The number of aromatic amines is 1. The summed E-state index contributed by atoms with van der Waals surface area (Å²) in [5.74, 6) is -0.118. The molecule has 0 radical (unpaired) electrons. The molecule has 132 valence electrons. The van der Waals surface area contributed by atoms with E-state index in [1.807, 2.05) is 6.92 Å². The van der Waals surface area contributed by atoms with Gasteiger partial charge in [-0.2, -0.15) is 5.10 Å². The van der Waals surface area contributed by atoms with Crippen LogP contribution in [0.5, 0.6) is 0 Å². The monoisotopic (exact) mass is 340 g/mol. The van der Waals surface area contributed by atoms with Crippen LogP contribution in [-0.4, -0.2) is 46.7 Å². The number of hydrogen-bond acceptors (Lipinski definition) is 4. The van der Waals surface area contributed by atoms with Gasteiger partial charge in [0.05, 0.1) is 13.2 Å². The van der Waals surface area contributed by atoms with E-state index in [2.05, 4.69) is 44.7 Å². The fourth-order valence-corrected chi connectivity index (χ4v) is 3.73. The number of aromatic nitrogens is 2. The van der Waals surface area contributed by atoms with Gasteiger partial charge in [0.25, 0.3) is 5.91 Å². The van der Waals surface area contributed by atoms with Gasteiger partial charge in [-0.1, -0.05) is 24.3 Å². The highest BCUT2D eigenvalue weighted by Crippen LogP contribution is 2.19. The normalized spacial score (nSPS) is 18.3. The van der Waals surface area contributed by atoms with E-state index in [-0.39, 0.29) is 11.9 Å². The van der Waals surface area contributed by atoms with Gasteiger partial charge in [-0.25, -0.2) is 0 Å². The van der Waals surface area contributed by atoms with Crippen molar-refractivity contribution in [3.63, 3.8) is 0 Å². The predicted octanol–water partition coefficient (Wildman–Crippen LogP) is 1.66. The van der Waals surface area contributed by atoms with Gasteiger partial charge in [-0.15, -0.1) is 0 Å².